The van der Waals surface area contributed by atoms with E-state index in [0.29, 0.717) is 0 Å². The van der Waals surface area contributed by atoms with Crippen LogP contribution in [0.2, 0.25) is 0 Å². The third-order valence-corrected chi connectivity index (χ3v) is 7.70. The van der Waals surface area contributed by atoms with Gasteiger partial charge in [0.15, 0.2) is 0 Å². The van der Waals surface area contributed by atoms with Gasteiger partial charge in [-0.15, -0.1) is 0 Å². The summed E-state index contributed by atoms with van der Waals surface area (Å²) in [7, 11) is 6.06. The zero-order valence-electron chi connectivity index (χ0n) is 11.7. The van der Waals surface area contributed by atoms with Gasteiger partial charge in [-0.2, -0.15) is 0 Å². The Kier molecular flexibility index (Phi) is 7.04. The molecule has 10 heteroatoms. The van der Waals surface area contributed by atoms with Crippen LogP contribution in [0.5, 0.6) is 0 Å². The van der Waals surface area contributed by atoms with Crippen LogP contribution in [0.25, 0.3) is 0 Å². The number of hydrogen-bond acceptors (Lipinski definition) is 6. The first kappa shape index (κ1) is 18.0. The molecular formula is C10H18N2O4P2S2. The lowest BCUT2D eigenvalue weighted by Gasteiger charge is -2.21. The summed E-state index contributed by atoms with van der Waals surface area (Å²) in [5.74, 6) is 0. The van der Waals surface area contributed by atoms with Crippen LogP contribution in [-0.4, -0.2) is 28.4 Å². The number of nitrogens with one attached hydrogen (secondary N) is 2. The minimum Gasteiger partial charge on any atom is -0.317 e. The molecule has 0 saturated carbocycles. The zero-order chi connectivity index (χ0) is 15.2. The molecule has 114 valence electrons. The van der Waals surface area contributed by atoms with Crippen LogP contribution in [0.15, 0.2) is 24.3 Å². The second-order valence-corrected chi connectivity index (χ2v) is 10.3. The highest BCUT2D eigenvalue weighted by Gasteiger charge is 2.16. The van der Waals surface area contributed by atoms with E-state index in [1.54, 1.807) is 0 Å². The molecular weight excluding hydrogens is 338 g/mol. The topological polar surface area (TPSA) is 61.0 Å². The third kappa shape index (κ3) is 5.06. The normalized spacial score (nSPS) is 12.2. The van der Waals surface area contributed by atoms with E-state index >= 15 is 0 Å². The van der Waals surface area contributed by atoms with Crippen LogP contribution in [0, 0.1) is 0 Å². The predicted molar refractivity (Wildman–Crippen MR) is 90.3 cm³/mol. The van der Waals surface area contributed by atoms with Gasteiger partial charge in [0.2, 0.25) is 0 Å². The average molecular weight is 356 g/mol. The molecule has 0 aliphatic rings. The quantitative estimate of drug-likeness (QED) is 0.686. The van der Waals surface area contributed by atoms with Gasteiger partial charge in [0, 0.05) is 39.8 Å². The number of anilines is 2. The maximum absolute atomic E-state index is 5.23. The van der Waals surface area contributed by atoms with Crippen LogP contribution in [0.4, 0.5) is 11.4 Å². The highest BCUT2D eigenvalue weighted by Crippen LogP contribution is 2.48. The van der Waals surface area contributed by atoms with Gasteiger partial charge in [0.1, 0.15) is 0 Å². The Morgan fingerprint density at radius 2 is 0.950 bits per heavy atom. The van der Waals surface area contributed by atoms with E-state index in [-0.39, 0.29) is 0 Å². The molecule has 0 aromatic heterocycles. The van der Waals surface area contributed by atoms with Crippen molar-refractivity contribution < 1.29 is 18.1 Å². The van der Waals surface area contributed by atoms with E-state index in [1.165, 1.54) is 28.4 Å². The van der Waals surface area contributed by atoms with E-state index in [0.717, 1.165) is 11.4 Å². The minimum atomic E-state index is -2.47. The highest BCUT2D eigenvalue weighted by molar-refractivity contribution is 8.10. The predicted octanol–water partition coefficient (Wildman–Crippen LogP) is 3.55. The standard InChI is InChI=1S/C10H18N2O4P2S2/c1-13-17(19,14-2)11-9-5-7-10(8-6-9)12-18(20,15-3)16-4/h5-8H,1-4H3,(H,11,19)(H,12,20). The largest absolute Gasteiger partial charge is 0.317 e. The summed E-state index contributed by atoms with van der Waals surface area (Å²) in [6.07, 6.45) is 0. The molecule has 2 N–H and O–H groups in total. The SMILES string of the molecule is COP(=S)(Nc1ccc(NP(=S)(OC)OC)cc1)OC. The first-order valence-corrected chi connectivity index (χ1v) is 10.8. The van der Waals surface area contributed by atoms with Crippen molar-refractivity contribution in [2.75, 3.05) is 38.6 Å². The van der Waals surface area contributed by atoms with Gasteiger partial charge in [0.25, 0.3) is 13.3 Å². The second-order valence-electron chi connectivity index (χ2n) is 3.53. The molecule has 0 unspecified atom stereocenters. The lowest BCUT2D eigenvalue weighted by molar-refractivity contribution is 0.342. The summed E-state index contributed by atoms with van der Waals surface area (Å²) in [6, 6.07) is 7.36. The maximum atomic E-state index is 5.23. The van der Waals surface area contributed by atoms with Crippen molar-refractivity contribution in [3.05, 3.63) is 24.3 Å². The molecule has 0 fully saturated rings. The summed E-state index contributed by atoms with van der Waals surface area (Å²) >= 11 is 10.5. The molecule has 0 saturated heterocycles. The van der Waals surface area contributed by atoms with Crippen LogP contribution >= 0.6 is 13.3 Å². The van der Waals surface area contributed by atoms with Crippen molar-refractivity contribution in [2.24, 2.45) is 0 Å². The highest BCUT2D eigenvalue weighted by atomic mass is 32.5. The molecule has 0 spiro atoms. The summed E-state index contributed by atoms with van der Waals surface area (Å²) in [5, 5.41) is 6.09. The van der Waals surface area contributed by atoms with Crippen LogP contribution < -0.4 is 10.2 Å². The summed E-state index contributed by atoms with van der Waals surface area (Å²) in [6.45, 7) is -4.94. The van der Waals surface area contributed by atoms with Crippen molar-refractivity contribution in [3.63, 3.8) is 0 Å². The fourth-order valence-corrected chi connectivity index (χ4v) is 3.49. The molecule has 1 aromatic rings. The van der Waals surface area contributed by atoms with Crippen LogP contribution in [0.3, 0.4) is 0 Å². The zero-order valence-corrected chi connectivity index (χ0v) is 15.1. The fraction of sp³-hybridized carbons (Fsp3) is 0.400. The van der Waals surface area contributed by atoms with E-state index in [9.17, 15) is 0 Å². The minimum absolute atomic E-state index is 0.797. The number of hydrogen-bond donors (Lipinski definition) is 2. The Morgan fingerprint density at radius 1 is 0.700 bits per heavy atom. The van der Waals surface area contributed by atoms with Gasteiger partial charge in [-0.25, -0.2) is 0 Å². The molecule has 0 atom stereocenters. The van der Waals surface area contributed by atoms with Crippen LogP contribution in [0.1, 0.15) is 0 Å². The summed E-state index contributed by atoms with van der Waals surface area (Å²) in [4.78, 5) is 0. The van der Waals surface area contributed by atoms with E-state index in [2.05, 4.69) is 10.2 Å². The van der Waals surface area contributed by atoms with E-state index < -0.39 is 13.3 Å². The third-order valence-electron chi connectivity index (χ3n) is 2.38. The van der Waals surface area contributed by atoms with E-state index in [4.69, 9.17) is 41.7 Å². The molecule has 0 aliphatic heterocycles. The Hall–Kier alpha value is -0.0400. The molecule has 1 aromatic carbocycles. The van der Waals surface area contributed by atoms with Gasteiger partial charge in [-0.05, 0) is 47.9 Å². The Labute approximate surface area is 129 Å². The summed E-state index contributed by atoms with van der Waals surface area (Å²) < 4.78 is 20.6. The Balaban J connectivity index is 2.79. The molecule has 0 bridgehead atoms. The van der Waals surface area contributed by atoms with E-state index in [1.807, 2.05) is 24.3 Å². The smallest absolute Gasteiger partial charge is 0.286 e. The molecule has 0 heterocycles. The van der Waals surface area contributed by atoms with Gasteiger partial charge in [-0.1, -0.05) is 0 Å². The molecule has 6 nitrogen and oxygen atoms in total. The lowest BCUT2D eigenvalue weighted by Crippen LogP contribution is -2.02. The first-order valence-electron chi connectivity index (χ1n) is 5.50. The van der Waals surface area contributed by atoms with Gasteiger partial charge in [-0.3, -0.25) is 0 Å². The lowest BCUT2D eigenvalue weighted by atomic mass is 10.3. The molecule has 20 heavy (non-hydrogen) atoms. The van der Waals surface area contributed by atoms with Gasteiger partial charge < -0.3 is 28.3 Å². The Bertz CT molecular complexity index is 463. The van der Waals surface area contributed by atoms with Gasteiger partial charge in [0.05, 0.1) is 0 Å². The molecule has 0 aliphatic carbocycles. The monoisotopic (exact) mass is 356 g/mol. The Morgan fingerprint density at radius 3 is 1.15 bits per heavy atom. The number of rotatable bonds is 8. The van der Waals surface area contributed by atoms with Crippen molar-refractivity contribution in [2.45, 2.75) is 0 Å². The van der Waals surface area contributed by atoms with Crippen molar-refractivity contribution >= 4 is 48.3 Å². The second kappa shape index (κ2) is 7.82. The van der Waals surface area contributed by atoms with Crippen molar-refractivity contribution in [1.82, 2.24) is 0 Å². The number of benzene rings is 1. The molecule has 1 rings (SSSR count). The van der Waals surface area contributed by atoms with Gasteiger partial charge >= 0.3 is 0 Å². The fourth-order valence-electron chi connectivity index (χ4n) is 1.27. The van der Waals surface area contributed by atoms with Crippen LogP contribution in [-0.2, 0) is 41.7 Å². The summed E-state index contributed by atoms with van der Waals surface area (Å²) in [5.41, 5.74) is 1.59. The first-order chi connectivity index (χ1) is 9.40. The average Bonchev–Trinajstić information content (AvgIpc) is 2.49. The van der Waals surface area contributed by atoms with Crippen molar-refractivity contribution in [3.8, 4) is 0 Å². The maximum Gasteiger partial charge on any atom is 0.286 e. The van der Waals surface area contributed by atoms with Crippen molar-refractivity contribution in [1.29, 1.82) is 0 Å². The molecule has 0 radical (unpaired) electrons. The molecule has 0 amide bonds.